The van der Waals surface area contributed by atoms with E-state index in [9.17, 15) is 0 Å². The minimum atomic E-state index is 0.108. The molecule has 14 heavy (non-hydrogen) atoms. The first-order valence-electron chi connectivity index (χ1n) is 3.86. The summed E-state index contributed by atoms with van der Waals surface area (Å²) in [6.45, 7) is 2.30. The van der Waals surface area contributed by atoms with Gasteiger partial charge in [-0.2, -0.15) is 20.6 Å². The van der Waals surface area contributed by atoms with E-state index in [4.69, 9.17) is 15.3 Å². The van der Waals surface area contributed by atoms with Gasteiger partial charge in [-0.15, -0.1) is 0 Å². The summed E-state index contributed by atoms with van der Waals surface area (Å²) in [4.78, 5) is 3.77. The number of nitrogens with one attached hydrogen (secondary N) is 1. The minimum absolute atomic E-state index is 0.108. The molecule has 6 nitrogen and oxygen atoms in total. The number of ether oxygens (including phenoxy) is 1. The predicted octanol–water partition coefficient (Wildman–Crippen LogP) is 0.849. The number of H-pyrrole nitrogens is 1. The third-order valence-corrected chi connectivity index (χ3v) is 1.39. The van der Waals surface area contributed by atoms with Gasteiger partial charge in [0.1, 0.15) is 17.7 Å². The van der Waals surface area contributed by atoms with Crippen LogP contribution in [0.4, 0.5) is 5.82 Å². The lowest BCUT2D eigenvalue weighted by molar-refractivity contribution is 0.344. The lowest BCUT2D eigenvalue weighted by atomic mass is 10.3. The fraction of sp³-hybridized carbons (Fsp3) is 0.250. The summed E-state index contributed by atoms with van der Waals surface area (Å²) < 4.78 is 4.84. The summed E-state index contributed by atoms with van der Waals surface area (Å²) in [5.41, 5.74) is 0.236. The number of rotatable bonds is 3. The quantitative estimate of drug-likeness (QED) is 0.562. The molecule has 70 valence electrons. The Labute approximate surface area is 80.4 Å². The summed E-state index contributed by atoms with van der Waals surface area (Å²) >= 11 is 0. The molecule has 0 saturated carbocycles. The van der Waals surface area contributed by atoms with Crippen molar-refractivity contribution in [1.29, 1.82) is 10.5 Å². The summed E-state index contributed by atoms with van der Waals surface area (Å²) in [6, 6.07) is 3.64. The van der Waals surface area contributed by atoms with Crippen LogP contribution >= 0.6 is 0 Å². The second kappa shape index (κ2) is 4.63. The topological polar surface area (TPSA) is 97.8 Å². The predicted molar refractivity (Wildman–Crippen MR) is 47.8 cm³/mol. The highest BCUT2D eigenvalue weighted by Gasteiger charge is 2.10. The maximum Gasteiger partial charge on any atom is 0.195 e. The van der Waals surface area contributed by atoms with Crippen molar-refractivity contribution in [3.05, 3.63) is 11.3 Å². The molecule has 1 heterocycles. The summed E-state index contributed by atoms with van der Waals surface area (Å²) in [5, 5.41) is 23.4. The first kappa shape index (κ1) is 9.75. The average Bonchev–Trinajstić information content (AvgIpc) is 2.60. The van der Waals surface area contributed by atoms with E-state index in [2.05, 4.69) is 15.2 Å². The Kier molecular flexibility index (Phi) is 3.22. The molecule has 1 rings (SSSR count). The molecule has 0 atom stereocenters. The van der Waals surface area contributed by atoms with Crippen molar-refractivity contribution < 1.29 is 4.74 Å². The van der Waals surface area contributed by atoms with E-state index in [1.165, 1.54) is 6.40 Å². The molecular weight excluding hydrogens is 182 g/mol. The van der Waals surface area contributed by atoms with Gasteiger partial charge in [0.15, 0.2) is 17.9 Å². The lowest BCUT2D eigenvalue weighted by Gasteiger charge is -1.89. The molecule has 0 unspecified atom stereocenters. The van der Waals surface area contributed by atoms with Gasteiger partial charge in [-0.3, -0.25) is 5.10 Å². The fourth-order valence-corrected chi connectivity index (χ4v) is 0.774. The van der Waals surface area contributed by atoms with Crippen molar-refractivity contribution in [2.45, 2.75) is 6.92 Å². The maximum absolute atomic E-state index is 8.70. The van der Waals surface area contributed by atoms with E-state index < -0.39 is 0 Å². The van der Waals surface area contributed by atoms with E-state index in [0.29, 0.717) is 6.61 Å². The number of nitriles is 2. The van der Waals surface area contributed by atoms with Crippen LogP contribution in [0.3, 0.4) is 0 Å². The van der Waals surface area contributed by atoms with Gasteiger partial charge in [0.2, 0.25) is 0 Å². The third-order valence-electron chi connectivity index (χ3n) is 1.39. The number of hydrogen-bond acceptors (Lipinski definition) is 5. The van der Waals surface area contributed by atoms with Crippen molar-refractivity contribution in [3.63, 3.8) is 0 Å². The zero-order valence-electron chi connectivity index (χ0n) is 7.48. The van der Waals surface area contributed by atoms with Gasteiger partial charge < -0.3 is 4.74 Å². The average molecular weight is 189 g/mol. The largest absolute Gasteiger partial charge is 0.483 e. The molecule has 0 radical (unpaired) electrons. The van der Waals surface area contributed by atoms with Gasteiger partial charge in [-0.1, -0.05) is 0 Å². The first-order chi connectivity index (χ1) is 6.83. The molecule has 6 heteroatoms. The van der Waals surface area contributed by atoms with Crippen LogP contribution in [0.25, 0.3) is 0 Å². The highest BCUT2D eigenvalue weighted by Crippen LogP contribution is 2.16. The number of hydrogen-bond donors (Lipinski definition) is 1. The number of aromatic amines is 1. The Morgan fingerprint density at radius 2 is 2.36 bits per heavy atom. The molecule has 0 amide bonds. The van der Waals surface area contributed by atoms with Crippen molar-refractivity contribution in [2.24, 2.45) is 4.99 Å². The van der Waals surface area contributed by atoms with E-state index in [-0.39, 0.29) is 17.1 Å². The van der Waals surface area contributed by atoms with Crippen molar-refractivity contribution in [2.75, 3.05) is 6.61 Å². The number of aliphatic imine (C=N–C) groups is 1. The van der Waals surface area contributed by atoms with Gasteiger partial charge in [0.25, 0.3) is 0 Å². The monoisotopic (exact) mass is 189 g/mol. The summed E-state index contributed by atoms with van der Waals surface area (Å²) in [7, 11) is 0. The van der Waals surface area contributed by atoms with Crippen LogP contribution in [-0.4, -0.2) is 23.2 Å². The second-order valence-corrected chi connectivity index (χ2v) is 2.21. The van der Waals surface area contributed by atoms with Crippen LogP contribution in [0.1, 0.15) is 18.2 Å². The van der Waals surface area contributed by atoms with Crippen LogP contribution in [-0.2, 0) is 4.74 Å². The van der Waals surface area contributed by atoms with Crippen LogP contribution in [0, 0.1) is 22.7 Å². The highest BCUT2D eigenvalue weighted by atomic mass is 16.5. The lowest BCUT2D eigenvalue weighted by Crippen LogP contribution is -1.84. The van der Waals surface area contributed by atoms with Crippen molar-refractivity contribution in [1.82, 2.24) is 10.2 Å². The molecule has 0 aliphatic rings. The standard InChI is InChI=1S/C8H7N5O/c1-2-14-5-11-8-6(3-9)7(4-10)12-13-8/h5H,2H2,1H3,(H,12,13). The van der Waals surface area contributed by atoms with Crippen LogP contribution in [0.2, 0.25) is 0 Å². The van der Waals surface area contributed by atoms with E-state index in [0.717, 1.165) is 0 Å². The van der Waals surface area contributed by atoms with Gasteiger partial charge in [0, 0.05) is 0 Å². The summed E-state index contributed by atoms with van der Waals surface area (Å²) in [5.74, 6) is 0.164. The fourth-order valence-electron chi connectivity index (χ4n) is 0.774. The zero-order chi connectivity index (χ0) is 10.4. The first-order valence-corrected chi connectivity index (χ1v) is 3.86. The molecule has 0 fully saturated rings. The van der Waals surface area contributed by atoms with Crippen LogP contribution in [0.15, 0.2) is 4.99 Å². The van der Waals surface area contributed by atoms with Gasteiger partial charge in [-0.05, 0) is 6.92 Å². The number of nitrogens with zero attached hydrogens (tertiary/aromatic N) is 4. The molecule has 1 aromatic rings. The van der Waals surface area contributed by atoms with E-state index in [1.54, 1.807) is 6.07 Å². The normalized spacial score (nSPS) is 9.64. The SMILES string of the molecule is CCOC=Nc1n[nH]c(C#N)c1C#N. The Bertz CT molecular complexity index is 420. The molecule has 0 aromatic carbocycles. The molecule has 0 spiro atoms. The zero-order valence-corrected chi connectivity index (χ0v) is 7.48. The Morgan fingerprint density at radius 3 is 2.93 bits per heavy atom. The molecular formula is C8H7N5O. The summed E-state index contributed by atoms with van der Waals surface area (Å²) in [6.07, 6.45) is 1.19. The molecule has 1 N–H and O–H groups in total. The van der Waals surface area contributed by atoms with Crippen LogP contribution < -0.4 is 0 Å². The Morgan fingerprint density at radius 1 is 1.57 bits per heavy atom. The smallest absolute Gasteiger partial charge is 0.195 e. The molecule has 0 saturated heterocycles. The van der Waals surface area contributed by atoms with Crippen LogP contribution in [0.5, 0.6) is 0 Å². The maximum atomic E-state index is 8.70. The molecule has 0 bridgehead atoms. The van der Waals surface area contributed by atoms with Gasteiger partial charge >= 0.3 is 0 Å². The Hall–Kier alpha value is -2.34. The molecule has 0 aliphatic heterocycles. The minimum Gasteiger partial charge on any atom is -0.483 e. The van der Waals surface area contributed by atoms with Crippen molar-refractivity contribution in [3.8, 4) is 12.1 Å². The molecule has 1 aromatic heterocycles. The van der Waals surface area contributed by atoms with Gasteiger partial charge in [-0.25, -0.2) is 0 Å². The highest BCUT2D eigenvalue weighted by molar-refractivity contribution is 5.61. The van der Waals surface area contributed by atoms with Crippen molar-refractivity contribution >= 4 is 12.2 Å². The number of aromatic nitrogens is 2. The Balaban J connectivity index is 2.95. The van der Waals surface area contributed by atoms with Gasteiger partial charge in [0.05, 0.1) is 6.61 Å². The van der Waals surface area contributed by atoms with E-state index >= 15 is 0 Å². The molecule has 0 aliphatic carbocycles. The third kappa shape index (κ3) is 1.87. The van der Waals surface area contributed by atoms with E-state index in [1.807, 2.05) is 13.0 Å². The second-order valence-electron chi connectivity index (χ2n) is 2.21.